The van der Waals surface area contributed by atoms with Crippen LogP contribution in [0.1, 0.15) is 24.5 Å². The van der Waals surface area contributed by atoms with Crippen LogP contribution in [0, 0.1) is 5.82 Å². The van der Waals surface area contributed by atoms with E-state index in [1.54, 1.807) is 30.3 Å². The first-order chi connectivity index (χ1) is 13.8. The second kappa shape index (κ2) is 7.72. The topological polar surface area (TPSA) is 76.7 Å². The molecular weight excluding hydrogens is 413 g/mol. The normalized spacial score (nSPS) is 20.8. The fourth-order valence-electron chi connectivity index (χ4n) is 3.39. The van der Waals surface area contributed by atoms with Gasteiger partial charge < -0.3 is 15.8 Å². The number of hydrogen-bond donors (Lipinski definition) is 2. The highest BCUT2D eigenvalue weighted by Gasteiger charge is 2.32. The summed E-state index contributed by atoms with van der Waals surface area (Å²) >= 11 is 7.48. The van der Waals surface area contributed by atoms with Gasteiger partial charge in [-0.25, -0.2) is 4.39 Å². The highest BCUT2D eigenvalue weighted by molar-refractivity contribution is 8.13. The van der Waals surface area contributed by atoms with Crippen molar-refractivity contribution in [1.82, 2.24) is 0 Å². The van der Waals surface area contributed by atoms with Gasteiger partial charge in [0.25, 0.3) is 5.91 Å². The summed E-state index contributed by atoms with van der Waals surface area (Å²) in [4.78, 5) is 17.2. The quantitative estimate of drug-likeness (QED) is 0.746. The number of aliphatic imine (C=N–C) groups is 1. The van der Waals surface area contributed by atoms with Crippen LogP contribution in [0.25, 0.3) is 6.08 Å². The largest absolute Gasteiger partial charge is 0.488 e. The van der Waals surface area contributed by atoms with E-state index in [-0.39, 0.29) is 18.3 Å². The molecule has 1 atom stereocenters. The predicted octanol–water partition coefficient (Wildman–Crippen LogP) is 4.56. The summed E-state index contributed by atoms with van der Waals surface area (Å²) in [5, 5.41) is 3.82. The first-order valence-electron chi connectivity index (χ1n) is 9.06. The van der Waals surface area contributed by atoms with E-state index >= 15 is 0 Å². The SMILES string of the molecule is CC1(c2cc(NC(=O)C3=Cc4cc(Cl)ccc4OC3)ccc2F)CCSC(N)=N1. The van der Waals surface area contributed by atoms with Gasteiger partial charge >= 0.3 is 0 Å². The Morgan fingerprint density at radius 1 is 1.34 bits per heavy atom. The molecule has 1 unspecified atom stereocenters. The van der Waals surface area contributed by atoms with Gasteiger partial charge in [0, 0.05) is 27.6 Å². The van der Waals surface area contributed by atoms with Crippen LogP contribution in [0.4, 0.5) is 10.1 Å². The maximum Gasteiger partial charge on any atom is 0.255 e. The molecule has 0 saturated carbocycles. The molecule has 0 saturated heterocycles. The van der Waals surface area contributed by atoms with E-state index in [0.29, 0.717) is 39.2 Å². The van der Waals surface area contributed by atoms with Gasteiger partial charge in [0.1, 0.15) is 18.2 Å². The van der Waals surface area contributed by atoms with Gasteiger partial charge in [0.05, 0.1) is 11.1 Å². The zero-order valence-corrected chi connectivity index (χ0v) is 17.2. The number of thioether (sulfide) groups is 1. The lowest BCUT2D eigenvalue weighted by atomic mass is 9.89. The molecule has 2 aromatic carbocycles. The average molecular weight is 432 g/mol. The number of amides is 1. The van der Waals surface area contributed by atoms with Crippen LogP contribution in [0.5, 0.6) is 5.75 Å². The van der Waals surface area contributed by atoms with Gasteiger partial charge in [-0.15, -0.1) is 0 Å². The van der Waals surface area contributed by atoms with Crippen molar-refractivity contribution in [3.63, 3.8) is 0 Å². The maximum atomic E-state index is 14.5. The van der Waals surface area contributed by atoms with E-state index in [1.165, 1.54) is 23.9 Å². The first-order valence-corrected chi connectivity index (χ1v) is 10.4. The number of anilines is 1. The third-order valence-electron chi connectivity index (χ3n) is 4.98. The summed E-state index contributed by atoms with van der Waals surface area (Å²) in [7, 11) is 0. The molecule has 0 bridgehead atoms. The minimum atomic E-state index is -0.761. The Labute approximate surface area is 177 Å². The number of halogens is 2. The first kappa shape index (κ1) is 19.8. The van der Waals surface area contributed by atoms with Crippen molar-refractivity contribution in [2.45, 2.75) is 18.9 Å². The fraction of sp³-hybridized carbons (Fsp3) is 0.238. The number of nitrogens with zero attached hydrogens (tertiary/aromatic N) is 1. The van der Waals surface area contributed by atoms with Crippen molar-refractivity contribution in [2.75, 3.05) is 17.7 Å². The number of amidine groups is 1. The Hall–Kier alpha value is -2.51. The zero-order chi connectivity index (χ0) is 20.6. The Bertz CT molecular complexity index is 1060. The number of nitrogens with two attached hydrogens (primary N) is 1. The van der Waals surface area contributed by atoms with Gasteiger partial charge in [-0.1, -0.05) is 23.4 Å². The molecular formula is C21H19ClFN3O2S. The average Bonchev–Trinajstić information content (AvgIpc) is 2.68. The molecule has 3 N–H and O–H groups in total. The smallest absolute Gasteiger partial charge is 0.255 e. The lowest BCUT2D eigenvalue weighted by Crippen LogP contribution is -2.30. The molecule has 0 aromatic heterocycles. The third-order valence-corrected chi connectivity index (χ3v) is 6.01. The molecule has 2 aromatic rings. The number of rotatable bonds is 3. The Kier molecular flexibility index (Phi) is 5.27. The van der Waals surface area contributed by atoms with Gasteiger partial charge in [-0.3, -0.25) is 9.79 Å². The van der Waals surface area contributed by atoms with Crippen LogP contribution in [0.15, 0.2) is 47.0 Å². The number of ether oxygens (including phenoxy) is 1. The number of carbonyl (C=O) groups is 1. The van der Waals surface area contributed by atoms with Crippen molar-refractivity contribution in [3.05, 3.63) is 63.9 Å². The van der Waals surface area contributed by atoms with Crippen molar-refractivity contribution < 1.29 is 13.9 Å². The summed E-state index contributed by atoms with van der Waals surface area (Å²) in [6.45, 7) is 1.99. The van der Waals surface area contributed by atoms with E-state index in [9.17, 15) is 9.18 Å². The molecule has 2 heterocycles. The second-order valence-electron chi connectivity index (χ2n) is 7.11. The molecule has 1 amide bonds. The highest BCUT2D eigenvalue weighted by atomic mass is 35.5. The van der Waals surface area contributed by atoms with Crippen LogP contribution >= 0.6 is 23.4 Å². The standard InChI is InChI=1S/C21H19ClFN3O2S/c1-21(6-7-29-20(24)26-21)16-10-15(3-4-17(16)23)25-19(27)13-8-12-9-14(22)2-5-18(12)28-11-13/h2-5,8-10H,6-7,11H2,1H3,(H2,24,26)(H,25,27). The van der Waals surface area contributed by atoms with Crippen molar-refractivity contribution in [3.8, 4) is 5.75 Å². The van der Waals surface area contributed by atoms with Crippen molar-refractivity contribution >= 4 is 46.2 Å². The molecule has 29 heavy (non-hydrogen) atoms. The second-order valence-corrected chi connectivity index (χ2v) is 8.66. The summed E-state index contributed by atoms with van der Waals surface area (Å²) < 4.78 is 20.2. The molecule has 5 nitrogen and oxygen atoms in total. The van der Waals surface area contributed by atoms with E-state index in [4.69, 9.17) is 22.1 Å². The van der Waals surface area contributed by atoms with Gasteiger partial charge in [0.2, 0.25) is 0 Å². The van der Waals surface area contributed by atoms with E-state index in [0.717, 1.165) is 11.3 Å². The molecule has 2 aliphatic heterocycles. The lowest BCUT2D eigenvalue weighted by molar-refractivity contribution is -0.113. The summed E-state index contributed by atoms with van der Waals surface area (Å²) in [6.07, 6.45) is 2.40. The number of carbonyl (C=O) groups excluding carboxylic acids is 1. The van der Waals surface area contributed by atoms with Crippen molar-refractivity contribution in [1.29, 1.82) is 0 Å². The molecule has 150 valence electrons. The van der Waals surface area contributed by atoms with E-state index in [2.05, 4.69) is 10.3 Å². The minimum absolute atomic E-state index is 0.143. The van der Waals surface area contributed by atoms with Crippen LogP contribution in [-0.4, -0.2) is 23.4 Å². The summed E-state index contributed by atoms with van der Waals surface area (Å²) in [6, 6.07) is 9.73. The molecule has 0 spiro atoms. The summed E-state index contributed by atoms with van der Waals surface area (Å²) in [5.74, 6) is 0.737. The van der Waals surface area contributed by atoms with Crippen LogP contribution < -0.4 is 15.8 Å². The number of fused-ring (bicyclic) bond motifs is 1. The molecule has 4 rings (SSSR count). The molecule has 0 fully saturated rings. The predicted molar refractivity (Wildman–Crippen MR) is 116 cm³/mol. The summed E-state index contributed by atoms with van der Waals surface area (Å²) in [5.41, 5.74) is 7.18. The molecule has 2 aliphatic rings. The molecule has 8 heteroatoms. The van der Waals surface area contributed by atoms with Gasteiger partial charge in [-0.05, 0) is 55.8 Å². The van der Waals surface area contributed by atoms with Crippen LogP contribution in [0.3, 0.4) is 0 Å². The van der Waals surface area contributed by atoms with Gasteiger partial charge in [-0.2, -0.15) is 0 Å². The minimum Gasteiger partial charge on any atom is -0.488 e. The van der Waals surface area contributed by atoms with Crippen molar-refractivity contribution in [2.24, 2.45) is 10.7 Å². The monoisotopic (exact) mass is 431 g/mol. The fourth-order valence-corrected chi connectivity index (χ4v) is 4.54. The van der Waals surface area contributed by atoms with Crippen LogP contribution in [-0.2, 0) is 10.3 Å². The van der Waals surface area contributed by atoms with Gasteiger partial charge in [0.15, 0.2) is 5.17 Å². The number of benzene rings is 2. The molecule has 0 radical (unpaired) electrons. The highest BCUT2D eigenvalue weighted by Crippen LogP contribution is 2.37. The van der Waals surface area contributed by atoms with Crippen LogP contribution in [0.2, 0.25) is 5.02 Å². The lowest BCUT2D eigenvalue weighted by Gasteiger charge is -2.30. The van der Waals surface area contributed by atoms with E-state index in [1.807, 2.05) is 6.92 Å². The number of nitrogens with one attached hydrogen (secondary N) is 1. The Balaban J connectivity index is 1.59. The third kappa shape index (κ3) is 4.11. The van der Waals surface area contributed by atoms with E-state index < -0.39 is 5.54 Å². The number of hydrogen-bond acceptors (Lipinski definition) is 5. The Morgan fingerprint density at radius 3 is 2.97 bits per heavy atom. The maximum absolute atomic E-state index is 14.5. The molecule has 0 aliphatic carbocycles. The Morgan fingerprint density at radius 2 is 2.17 bits per heavy atom. The zero-order valence-electron chi connectivity index (χ0n) is 15.7.